The Kier molecular flexibility index (Phi) is 8.89. The molecule has 9 heteroatoms. The lowest BCUT2D eigenvalue weighted by Crippen LogP contribution is -2.33. The van der Waals surface area contributed by atoms with Crippen molar-refractivity contribution in [3.63, 3.8) is 0 Å². The third-order valence-electron chi connectivity index (χ3n) is 6.07. The second kappa shape index (κ2) is 12.3. The number of aryl methyl sites for hydroxylation is 2. The lowest BCUT2D eigenvalue weighted by Gasteiger charge is -2.15. The number of halogens is 1. The summed E-state index contributed by atoms with van der Waals surface area (Å²) in [5.74, 6) is -0.964. The van der Waals surface area contributed by atoms with Crippen LogP contribution in [0.3, 0.4) is 0 Å². The highest BCUT2D eigenvalue weighted by Gasteiger charge is 2.38. The predicted octanol–water partition coefficient (Wildman–Crippen LogP) is 6.03. The zero-order chi connectivity index (χ0) is 27.2. The molecule has 38 heavy (non-hydrogen) atoms. The van der Waals surface area contributed by atoms with E-state index in [-0.39, 0.29) is 30.0 Å². The van der Waals surface area contributed by atoms with Crippen LogP contribution in [0.5, 0.6) is 0 Å². The Hall–Kier alpha value is -3.59. The molecule has 3 aromatic carbocycles. The molecule has 0 saturated heterocycles. The second-order valence-corrected chi connectivity index (χ2v) is 10.3. The van der Waals surface area contributed by atoms with Crippen LogP contribution in [-0.2, 0) is 14.3 Å². The summed E-state index contributed by atoms with van der Waals surface area (Å²) in [5, 5.41) is 6.59. The molecule has 0 unspecified atom stereocenters. The van der Waals surface area contributed by atoms with E-state index in [1.165, 1.54) is 16.7 Å². The number of carbonyl (C=O) groups excluding carboxylic acids is 3. The lowest BCUT2D eigenvalue weighted by atomic mass is 10.1. The van der Waals surface area contributed by atoms with Crippen LogP contribution in [0.15, 0.2) is 82.2 Å². The number of thioether (sulfide) groups is 1. The second-order valence-electron chi connectivity index (χ2n) is 8.82. The number of carbonyl (C=O) groups is 3. The van der Waals surface area contributed by atoms with Crippen molar-refractivity contribution in [2.75, 3.05) is 30.9 Å². The number of ether oxygens (including phenoxy) is 1. The number of imide groups is 1. The minimum Gasteiger partial charge on any atom is -0.385 e. The number of methoxy groups -OCH3 is 1. The molecule has 0 bridgehead atoms. The molecular formula is C29H28ClN3O4S. The summed E-state index contributed by atoms with van der Waals surface area (Å²) in [5.41, 5.74) is 4.30. The van der Waals surface area contributed by atoms with Crippen LogP contribution in [-0.4, -0.2) is 42.9 Å². The van der Waals surface area contributed by atoms with Gasteiger partial charge >= 0.3 is 0 Å². The van der Waals surface area contributed by atoms with Gasteiger partial charge in [-0.15, -0.1) is 0 Å². The molecule has 0 aliphatic carbocycles. The van der Waals surface area contributed by atoms with Crippen LogP contribution in [0.25, 0.3) is 0 Å². The number of nitrogens with zero attached hydrogens (tertiary/aromatic N) is 1. The standard InChI is InChI=1S/C29H28ClN3O4S/c1-18-5-10-23(17-19(18)2)31-25-26(29(36)33(28(25)35)15-4-16-37-3)38-24-13-11-22(12-14-24)32-27(34)20-6-8-21(30)9-7-20/h5-14,17,31H,4,15-16H2,1-3H3,(H,32,34). The number of hydrogen-bond donors (Lipinski definition) is 2. The van der Waals surface area contributed by atoms with Crippen molar-refractivity contribution in [1.82, 2.24) is 4.90 Å². The summed E-state index contributed by atoms with van der Waals surface area (Å²) in [6, 6.07) is 19.5. The van der Waals surface area contributed by atoms with Gasteiger partial charge in [-0.25, -0.2) is 0 Å². The Bertz CT molecular complexity index is 1390. The number of hydrogen-bond acceptors (Lipinski definition) is 6. The van der Waals surface area contributed by atoms with E-state index >= 15 is 0 Å². The fraction of sp³-hybridized carbons (Fsp3) is 0.207. The summed E-state index contributed by atoms with van der Waals surface area (Å²) < 4.78 is 5.09. The first-order chi connectivity index (χ1) is 18.3. The van der Waals surface area contributed by atoms with Crippen LogP contribution < -0.4 is 10.6 Å². The molecule has 0 radical (unpaired) electrons. The first kappa shape index (κ1) is 27.4. The minimum absolute atomic E-state index is 0.251. The average Bonchev–Trinajstić information content (AvgIpc) is 3.11. The van der Waals surface area contributed by atoms with Crippen LogP contribution in [0.4, 0.5) is 11.4 Å². The highest BCUT2D eigenvalue weighted by molar-refractivity contribution is 8.04. The SMILES string of the molecule is COCCCN1C(=O)C(Nc2ccc(C)c(C)c2)=C(Sc2ccc(NC(=O)c3ccc(Cl)cc3)cc2)C1=O. The number of nitrogens with one attached hydrogen (secondary N) is 2. The summed E-state index contributed by atoms with van der Waals surface area (Å²) in [6.07, 6.45) is 0.546. The molecule has 7 nitrogen and oxygen atoms in total. The van der Waals surface area contributed by atoms with Gasteiger partial charge in [0.05, 0.1) is 0 Å². The highest BCUT2D eigenvalue weighted by Crippen LogP contribution is 2.36. The van der Waals surface area contributed by atoms with Gasteiger partial charge in [-0.1, -0.05) is 29.4 Å². The van der Waals surface area contributed by atoms with Crippen LogP contribution in [0.2, 0.25) is 5.02 Å². The quantitative estimate of drug-likeness (QED) is 0.237. The van der Waals surface area contributed by atoms with Gasteiger partial charge in [-0.3, -0.25) is 19.3 Å². The topological polar surface area (TPSA) is 87.7 Å². The van der Waals surface area contributed by atoms with Crippen LogP contribution in [0, 0.1) is 13.8 Å². The zero-order valence-electron chi connectivity index (χ0n) is 21.3. The highest BCUT2D eigenvalue weighted by atomic mass is 35.5. The monoisotopic (exact) mass is 549 g/mol. The van der Waals surface area contributed by atoms with Crippen molar-refractivity contribution in [2.45, 2.75) is 25.2 Å². The van der Waals surface area contributed by atoms with E-state index in [1.807, 2.05) is 32.0 Å². The molecule has 0 fully saturated rings. The van der Waals surface area contributed by atoms with Gasteiger partial charge in [0.2, 0.25) is 0 Å². The molecule has 0 atom stereocenters. The smallest absolute Gasteiger partial charge is 0.278 e. The largest absolute Gasteiger partial charge is 0.385 e. The van der Waals surface area contributed by atoms with Gasteiger partial charge in [-0.2, -0.15) is 0 Å². The van der Waals surface area contributed by atoms with Gasteiger partial charge in [-0.05, 0) is 92.1 Å². The van der Waals surface area contributed by atoms with E-state index in [9.17, 15) is 14.4 Å². The number of amides is 3. The van der Waals surface area contributed by atoms with Crippen molar-refractivity contribution < 1.29 is 19.1 Å². The molecule has 0 saturated carbocycles. The Labute approximate surface area is 231 Å². The maximum atomic E-state index is 13.3. The van der Waals surface area contributed by atoms with E-state index in [0.717, 1.165) is 21.7 Å². The van der Waals surface area contributed by atoms with Gasteiger partial charge in [0.25, 0.3) is 17.7 Å². The third-order valence-corrected chi connectivity index (χ3v) is 7.41. The minimum atomic E-state index is -0.362. The van der Waals surface area contributed by atoms with E-state index in [0.29, 0.717) is 34.2 Å². The molecule has 4 rings (SSSR count). The van der Waals surface area contributed by atoms with Crippen molar-refractivity contribution in [1.29, 1.82) is 0 Å². The Balaban J connectivity index is 1.54. The summed E-state index contributed by atoms with van der Waals surface area (Å²) in [4.78, 5) is 41.4. The fourth-order valence-corrected chi connectivity index (χ4v) is 4.89. The average molecular weight is 550 g/mol. The fourth-order valence-electron chi connectivity index (χ4n) is 3.82. The Morgan fingerprint density at radius 3 is 2.26 bits per heavy atom. The molecule has 1 heterocycles. The zero-order valence-corrected chi connectivity index (χ0v) is 22.9. The van der Waals surface area contributed by atoms with Crippen LogP contribution >= 0.6 is 23.4 Å². The van der Waals surface area contributed by atoms with E-state index in [1.54, 1.807) is 55.6 Å². The molecule has 3 amide bonds. The van der Waals surface area contributed by atoms with Gasteiger partial charge in [0.15, 0.2) is 0 Å². The van der Waals surface area contributed by atoms with E-state index in [4.69, 9.17) is 16.3 Å². The molecule has 0 aromatic heterocycles. The summed E-state index contributed by atoms with van der Waals surface area (Å²) in [7, 11) is 1.58. The normalized spacial score (nSPS) is 13.3. The molecule has 3 aromatic rings. The van der Waals surface area contributed by atoms with E-state index < -0.39 is 0 Å². The van der Waals surface area contributed by atoms with Crippen LogP contribution in [0.1, 0.15) is 27.9 Å². The number of anilines is 2. The summed E-state index contributed by atoms with van der Waals surface area (Å²) in [6.45, 7) is 4.73. The Morgan fingerprint density at radius 2 is 1.61 bits per heavy atom. The van der Waals surface area contributed by atoms with Gasteiger partial charge < -0.3 is 15.4 Å². The molecule has 2 N–H and O–H groups in total. The van der Waals surface area contributed by atoms with E-state index in [2.05, 4.69) is 10.6 Å². The van der Waals surface area contributed by atoms with Gasteiger partial charge in [0.1, 0.15) is 10.6 Å². The van der Waals surface area contributed by atoms with Crippen molar-refractivity contribution >= 4 is 52.5 Å². The number of benzene rings is 3. The molecule has 0 spiro atoms. The first-order valence-electron chi connectivity index (χ1n) is 12.1. The molecular weight excluding hydrogens is 522 g/mol. The third kappa shape index (κ3) is 6.45. The Morgan fingerprint density at radius 1 is 0.921 bits per heavy atom. The summed E-state index contributed by atoms with van der Waals surface area (Å²) >= 11 is 7.11. The van der Waals surface area contributed by atoms with Crippen molar-refractivity contribution in [2.24, 2.45) is 0 Å². The first-order valence-corrected chi connectivity index (χ1v) is 13.2. The molecule has 1 aliphatic heterocycles. The lowest BCUT2D eigenvalue weighted by molar-refractivity contribution is -0.137. The van der Waals surface area contributed by atoms with Crippen molar-refractivity contribution in [3.05, 3.63) is 99.0 Å². The van der Waals surface area contributed by atoms with Gasteiger partial charge in [0, 0.05) is 47.1 Å². The maximum absolute atomic E-state index is 13.3. The molecule has 196 valence electrons. The number of rotatable bonds is 10. The predicted molar refractivity (Wildman–Crippen MR) is 151 cm³/mol. The maximum Gasteiger partial charge on any atom is 0.278 e. The molecule has 1 aliphatic rings. The van der Waals surface area contributed by atoms with Crippen molar-refractivity contribution in [3.8, 4) is 0 Å².